The maximum atomic E-state index is 14.3. The van der Waals surface area contributed by atoms with Gasteiger partial charge in [-0.25, -0.2) is 4.79 Å². The molecule has 1 heterocycles. The highest BCUT2D eigenvalue weighted by Gasteiger charge is 2.65. The highest BCUT2D eigenvalue weighted by Crippen LogP contribution is 2.62. The van der Waals surface area contributed by atoms with Crippen LogP contribution in [0.3, 0.4) is 0 Å². The van der Waals surface area contributed by atoms with Crippen LogP contribution in [-0.4, -0.2) is 46.5 Å². The summed E-state index contributed by atoms with van der Waals surface area (Å²) in [5.41, 5.74) is -0.358. The van der Waals surface area contributed by atoms with Gasteiger partial charge in [0.15, 0.2) is 5.60 Å². The van der Waals surface area contributed by atoms with E-state index in [1.807, 2.05) is 13.0 Å². The number of esters is 3. The second-order valence-electron chi connectivity index (χ2n) is 11.7. The molecule has 0 aromatic carbocycles. The van der Waals surface area contributed by atoms with Crippen LogP contribution in [0.2, 0.25) is 0 Å². The zero-order valence-corrected chi connectivity index (χ0v) is 23.0. The maximum absolute atomic E-state index is 14.3. The first-order valence-corrected chi connectivity index (χ1v) is 13.2. The lowest BCUT2D eigenvalue weighted by Gasteiger charge is -2.39. The predicted octanol–water partition coefficient (Wildman–Crippen LogP) is 4.63. The van der Waals surface area contributed by atoms with Gasteiger partial charge < -0.3 is 14.2 Å². The van der Waals surface area contributed by atoms with Gasteiger partial charge in [-0.15, -0.1) is 0 Å². The number of nitrogens with zero attached hydrogens (tertiary/aromatic N) is 1. The Morgan fingerprint density at radius 3 is 2.45 bits per heavy atom. The van der Waals surface area contributed by atoms with Crippen LogP contribution in [0.15, 0.2) is 48.3 Å². The van der Waals surface area contributed by atoms with Crippen LogP contribution in [-0.2, 0) is 28.6 Å². The zero-order chi connectivity index (χ0) is 28.0. The molecule has 38 heavy (non-hydrogen) atoms. The largest absolute Gasteiger partial charge is 0.458 e. The van der Waals surface area contributed by atoms with Gasteiger partial charge in [-0.3, -0.25) is 19.4 Å². The minimum absolute atomic E-state index is 0.0106. The molecule has 0 aliphatic heterocycles. The topological polar surface area (TPSA) is 109 Å². The number of pyridine rings is 1. The Morgan fingerprint density at radius 2 is 1.84 bits per heavy atom. The Morgan fingerprint density at radius 1 is 1.13 bits per heavy atom. The second kappa shape index (κ2) is 10.1. The molecule has 8 heteroatoms. The number of Topliss-reactive ketones (excluding diaryl/α,β-unsaturated/α-hetero) is 1. The fourth-order valence-corrected chi connectivity index (χ4v) is 6.71. The molecular weight excluding hydrogens is 486 g/mol. The Kier molecular flexibility index (Phi) is 7.38. The van der Waals surface area contributed by atoms with E-state index in [0.29, 0.717) is 23.5 Å². The molecule has 8 nitrogen and oxygen atoms in total. The first-order chi connectivity index (χ1) is 17.8. The highest BCUT2D eigenvalue weighted by atomic mass is 16.6. The Labute approximate surface area is 223 Å². The van der Waals surface area contributed by atoms with Crippen molar-refractivity contribution in [1.29, 1.82) is 0 Å². The molecule has 0 amide bonds. The van der Waals surface area contributed by atoms with Gasteiger partial charge in [-0.05, 0) is 66.2 Å². The molecule has 2 fully saturated rings. The average molecular weight is 524 g/mol. The molecule has 3 aliphatic rings. The summed E-state index contributed by atoms with van der Waals surface area (Å²) in [6.45, 7) is 14.7. The van der Waals surface area contributed by atoms with Crippen LogP contribution in [0.5, 0.6) is 0 Å². The fourth-order valence-electron chi connectivity index (χ4n) is 6.71. The number of fused-ring (bicyclic) bond motifs is 2. The number of carbonyl (C=O) groups is 4. The third-order valence-corrected chi connectivity index (χ3v) is 8.65. The highest BCUT2D eigenvalue weighted by molar-refractivity contribution is 6.03. The third kappa shape index (κ3) is 4.93. The quantitative estimate of drug-likeness (QED) is 0.319. The summed E-state index contributed by atoms with van der Waals surface area (Å²) in [5, 5.41) is 0. The smallest absolute Gasteiger partial charge is 0.339 e. The Bertz CT molecular complexity index is 1190. The summed E-state index contributed by atoms with van der Waals surface area (Å²) in [6.07, 6.45) is 4.49. The van der Waals surface area contributed by atoms with Crippen molar-refractivity contribution in [2.24, 2.45) is 29.1 Å². The van der Waals surface area contributed by atoms with Gasteiger partial charge in [0, 0.05) is 32.7 Å². The number of ketones is 1. The third-order valence-electron chi connectivity index (χ3n) is 8.65. The van der Waals surface area contributed by atoms with Gasteiger partial charge in [0.1, 0.15) is 12.2 Å². The van der Waals surface area contributed by atoms with E-state index in [1.165, 1.54) is 20.0 Å². The summed E-state index contributed by atoms with van der Waals surface area (Å²) in [6, 6.07) is 3.21. The van der Waals surface area contributed by atoms with Crippen molar-refractivity contribution in [3.63, 3.8) is 0 Å². The van der Waals surface area contributed by atoms with Crippen molar-refractivity contribution in [3.05, 3.63) is 53.9 Å². The number of rotatable bonds is 4. The Balaban J connectivity index is 1.87. The van der Waals surface area contributed by atoms with Crippen molar-refractivity contribution >= 4 is 23.7 Å². The van der Waals surface area contributed by atoms with E-state index in [9.17, 15) is 19.2 Å². The molecule has 0 radical (unpaired) electrons. The zero-order valence-electron chi connectivity index (χ0n) is 23.0. The molecule has 3 aliphatic carbocycles. The molecule has 204 valence electrons. The summed E-state index contributed by atoms with van der Waals surface area (Å²) >= 11 is 0. The molecular formula is C30H37NO7. The minimum atomic E-state index is -1.70. The van der Waals surface area contributed by atoms with Crippen molar-refractivity contribution in [3.8, 4) is 0 Å². The lowest BCUT2D eigenvalue weighted by molar-refractivity contribution is -0.179. The van der Waals surface area contributed by atoms with E-state index in [1.54, 1.807) is 25.3 Å². The number of aromatic nitrogens is 1. The molecule has 4 rings (SSSR count). The normalized spacial score (nSPS) is 35.5. The number of hydrogen-bond acceptors (Lipinski definition) is 8. The molecule has 0 saturated heterocycles. The van der Waals surface area contributed by atoms with E-state index in [2.05, 4.69) is 25.4 Å². The van der Waals surface area contributed by atoms with E-state index < -0.39 is 47.6 Å². The monoisotopic (exact) mass is 523 g/mol. The second-order valence-corrected chi connectivity index (χ2v) is 11.7. The van der Waals surface area contributed by atoms with Gasteiger partial charge in [0.25, 0.3) is 0 Å². The summed E-state index contributed by atoms with van der Waals surface area (Å²) in [7, 11) is 0. The van der Waals surface area contributed by atoms with E-state index in [0.717, 1.165) is 6.42 Å². The average Bonchev–Trinajstić information content (AvgIpc) is 3.24. The van der Waals surface area contributed by atoms with Crippen LogP contribution in [0.25, 0.3) is 0 Å². The number of allylic oxidation sites excluding steroid dienone is 1. The van der Waals surface area contributed by atoms with Crippen molar-refractivity contribution in [1.82, 2.24) is 4.98 Å². The molecule has 2 saturated carbocycles. The van der Waals surface area contributed by atoms with Crippen molar-refractivity contribution in [2.45, 2.75) is 78.6 Å². The lowest BCUT2D eigenvalue weighted by atomic mass is 9.76. The van der Waals surface area contributed by atoms with Gasteiger partial charge in [0.05, 0.1) is 11.5 Å². The number of carbonyl (C=O) groups excluding carboxylic acids is 4. The molecule has 1 aromatic heterocycles. The van der Waals surface area contributed by atoms with Gasteiger partial charge in [0.2, 0.25) is 5.78 Å². The molecule has 3 unspecified atom stereocenters. The number of ether oxygens (including phenoxy) is 3. The molecule has 0 spiro atoms. The summed E-state index contributed by atoms with van der Waals surface area (Å²) in [5.74, 6) is -3.04. The van der Waals surface area contributed by atoms with Crippen LogP contribution < -0.4 is 0 Å². The minimum Gasteiger partial charge on any atom is -0.458 e. The maximum Gasteiger partial charge on any atom is 0.339 e. The summed E-state index contributed by atoms with van der Waals surface area (Å²) < 4.78 is 17.8. The van der Waals surface area contributed by atoms with Gasteiger partial charge in [-0.2, -0.15) is 0 Å². The summed E-state index contributed by atoms with van der Waals surface area (Å²) in [4.78, 5) is 56.3. The first-order valence-electron chi connectivity index (χ1n) is 13.2. The van der Waals surface area contributed by atoms with Crippen molar-refractivity contribution < 1.29 is 33.4 Å². The van der Waals surface area contributed by atoms with Crippen LogP contribution >= 0.6 is 0 Å². The molecule has 0 N–H and O–H groups in total. The fraction of sp³-hybridized carbons (Fsp3) is 0.567. The van der Waals surface area contributed by atoms with Gasteiger partial charge >= 0.3 is 17.9 Å². The van der Waals surface area contributed by atoms with Crippen LogP contribution in [0, 0.1) is 29.1 Å². The standard InChI is InChI=1S/C30H37NO7/c1-16-10-11-22-23(29(22,6)7)13-17(2)27(34)30(38-20(5)33)14-18(3)26(24(30)25(16)36-19(4)32)37-28(35)21-9-8-12-31-15-21/h8-9,12-13,15,18,22-26H,1,10-11,14H2,2-7H3/b17-13+/t18-,22?,23?,24-,25-,26-,30?/m0/s1. The molecule has 7 atom stereocenters. The lowest BCUT2D eigenvalue weighted by Crippen LogP contribution is -2.55. The van der Waals surface area contributed by atoms with E-state index in [-0.39, 0.29) is 29.1 Å². The molecule has 1 aromatic rings. The molecule has 0 bridgehead atoms. The van der Waals surface area contributed by atoms with Gasteiger partial charge in [-0.1, -0.05) is 33.4 Å². The Hall–Kier alpha value is -3.29. The number of hydrogen-bond donors (Lipinski definition) is 0. The van der Waals surface area contributed by atoms with Crippen LogP contribution in [0.1, 0.15) is 71.2 Å². The van der Waals surface area contributed by atoms with Crippen LogP contribution in [0.4, 0.5) is 0 Å². The predicted molar refractivity (Wildman–Crippen MR) is 139 cm³/mol. The SMILES string of the molecule is C=C1CCC2C(/C=C(\C)C(=O)C3(OC(C)=O)C[C@H](C)[C@H](OC(=O)c4cccnc4)[C@@H]3[C@H]1OC(C)=O)C2(C)C. The van der Waals surface area contributed by atoms with E-state index >= 15 is 0 Å². The van der Waals surface area contributed by atoms with Crippen molar-refractivity contribution in [2.75, 3.05) is 0 Å². The first kappa shape index (κ1) is 27.7. The van der Waals surface area contributed by atoms with E-state index in [4.69, 9.17) is 14.2 Å².